The summed E-state index contributed by atoms with van der Waals surface area (Å²) in [6, 6.07) is 0.154. The zero-order chi connectivity index (χ0) is 16.9. The molecule has 2 N–H and O–H groups in total. The Kier molecular flexibility index (Phi) is 7.39. The predicted octanol–water partition coefficient (Wildman–Crippen LogP) is 1.55. The first kappa shape index (κ1) is 19.0. The SMILES string of the molecule is CB(O)N1CC(C(O)C/C=C/OC(=O)N(C(C)C)C(C)C)C1. The summed E-state index contributed by atoms with van der Waals surface area (Å²) in [6.45, 7) is 10.9. The highest BCUT2D eigenvalue weighted by atomic mass is 16.5. The maximum absolute atomic E-state index is 11.9. The van der Waals surface area contributed by atoms with Crippen LogP contribution in [0.15, 0.2) is 12.3 Å². The van der Waals surface area contributed by atoms with Crippen LogP contribution in [-0.2, 0) is 4.74 Å². The second-order valence-electron chi connectivity index (χ2n) is 6.50. The summed E-state index contributed by atoms with van der Waals surface area (Å²) in [4.78, 5) is 15.5. The molecule has 1 saturated heterocycles. The predicted molar refractivity (Wildman–Crippen MR) is 87.3 cm³/mol. The zero-order valence-electron chi connectivity index (χ0n) is 14.3. The summed E-state index contributed by atoms with van der Waals surface area (Å²) in [7, 11) is -0.460. The van der Waals surface area contributed by atoms with Crippen molar-refractivity contribution in [1.29, 1.82) is 0 Å². The Labute approximate surface area is 133 Å². The lowest BCUT2D eigenvalue weighted by Gasteiger charge is -2.42. The molecule has 1 atom stereocenters. The van der Waals surface area contributed by atoms with Gasteiger partial charge in [0, 0.05) is 18.0 Å². The van der Waals surface area contributed by atoms with Gasteiger partial charge < -0.3 is 24.6 Å². The minimum atomic E-state index is -0.476. The number of aliphatic hydroxyl groups is 1. The fourth-order valence-electron chi connectivity index (χ4n) is 2.67. The first-order valence-electron chi connectivity index (χ1n) is 7.98. The van der Waals surface area contributed by atoms with Gasteiger partial charge in [-0.15, -0.1) is 0 Å². The molecule has 1 aliphatic heterocycles. The lowest BCUT2D eigenvalue weighted by Crippen LogP contribution is -2.57. The summed E-state index contributed by atoms with van der Waals surface area (Å²) in [5.41, 5.74) is 0. The number of carbonyl (C=O) groups is 1. The molecule has 0 spiro atoms. The number of carbonyl (C=O) groups excluding carboxylic acids is 1. The van der Waals surface area contributed by atoms with Crippen molar-refractivity contribution in [2.75, 3.05) is 13.1 Å². The normalized spacial score (nSPS) is 17.9. The molecule has 0 bridgehead atoms. The first-order chi connectivity index (χ1) is 10.2. The fraction of sp³-hybridized carbons (Fsp3) is 0.800. The van der Waals surface area contributed by atoms with Crippen LogP contribution < -0.4 is 0 Å². The van der Waals surface area contributed by atoms with Crippen LogP contribution in [0.1, 0.15) is 34.1 Å². The van der Waals surface area contributed by atoms with Crippen LogP contribution in [0.25, 0.3) is 0 Å². The second kappa shape index (κ2) is 8.55. The molecule has 6 nitrogen and oxygen atoms in total. The van der Waals surface area contributed by atoms with E-state index in [0.717, 1.165) is 0 Å². The van der Waals surface area contributed by atoms with Crippen molar-refractivity contribution in [1.82, 2.24) is 9.71 Å². The lowest BCUT2D eigenvalue weighted by molar-refractivity contribution is 0.0306. The summed E-state index contributed by atoms with van der Waals surface area (Å²) in [5.74, 6) is 0.165. The molecule has 1 rings (SSSR count). The van der Waals surface area contributed by atoms with Gasteiger partial charge in [0.2, 0.25) is 0 Å². The lowest BCUT2D eigenvalue weighted by atomic mass is 9.76. The van der Waals surface area contributed by atoms with Gasteiger partial charge in [0.25, 0.3) is 0 Å². The van der Waals surface area contributed by atoms with E-state index >= 15 is 0 Å². The van der Waals surface area contributed by atoms with E-state index in [2.05, 4.69) is 0 Å². The molecule has 7 heteroatoms. The summed E-state index contributed by atoms with van der Waals surface area (Å²) < 4.78 is 5.11. The molecular weight excluding hydrogens is 283 g/mol. The van der Waals surface area contributed by atoms with Crippen molar-refractivity contribution in [2.45, 2.75) is 59.1 Å². The number of ether oxygens (including phenoxy) is 1. The number of aliphatic hydroxyl groups excluding tert-OH is 1. The summed E-state index contributed by atoms with van der Waals surface area (Å²) in [6.07, 6.45) is 2.62. The fourth-order valence-corrected chi connectivity index (χ4v) is 2.67. The molecule has 1 aliphatic rings. The Balaban J connectivity index is 2.30. The number of amides is 1. The van der Waals surface area contributed by atoms with Gasteiger partial charge in [0.15, 0.2) is 0 Å². The van der Waals surface area contributed by atoms with Crippen LogP contribution >= 0.6 is 0 Å². The largest absolute Gasteiger partial charge is 0.437 e. The monoisotopic (exact) mass is 312 g/mol. The maximum Gasteiger partial charge on any atom is 0.415 e. The van der Waals surface area contributed by atoms with Crippen LogP contribution in [-0.4, -0.2) is 64.3 Å². The molecule has 1 fully saturated rings. The van der Waals surface area contributed by atoms with Crippen molar-refractivity contribution in [3.63, 3.8) is 0 Å². The second-order valence-corrected chi connectivity index (χ2v) is 6.50. The third kappa shape index (κ3) is 5.30. The van der Waals surface area contributed by atoms with Crippen molar-refractivity contribution in [3.8, 4) is 0 Å². The Hall–Kier alpha value is -1.05. The van der Waals surface area contributed by atoms with Crippen molar-refractivity contribution in [2.24, 2.45) is 5.92 Å². The van der Waals surface area contributed by atoms with Gasteiger partial charge >= 0.3 is 13.1 Å². The molecule has 0 radical (unpaired) electrons. The number of hydrogen-bond donors (Lipinski definition) is 2. The van der Waals surface area contributed by atoms with Gasteiger partial charge in [-0.2, -0.15) is 0 Å². The zero-order valence-corrected chi connectivity index (χ0v) is 14.3. The Morgan fingerprint density at radius 1 is 1.36 bits per heavy atom. The van der Waals surface area contributed by atoms with Crippen molar-refractivity contribution < 1.29 is 19.7 Å². The molecule has 1 unspecified atom stereocenters. The number of hydrogen-bond acceptors (Lipinski definition) is 5. The molecule has 0 aromatic rings. The van der Waals surface area contributed by atoms with Crippen LogP contribution in [0.2, 0.25) is 6.82 Å². The Bertz CT molecular complexity index is 374. The maximum atomic E-state index is 11.9. The Morgan fingerprint density at radius 2 is 1.91 bits per heavy atom. The van der Waals surface area contributed by atoms with E-state index in [0.29, 0.717) is 19.5 Å². The standard InChI is InChI=1S/C15H29BN2O4/c1-11(2)18(12(3)4)15(20)22-8-6-7-14(19)13-9-17(10-13)16(5)21/h6,8,11-14,19,21H,7,9-10H2,1-5H3/b8-6+. The smallest absolute Gasteiger partial charge is 0.415 e. The van der Waals surface area contributed by atoms with E-state index in [9.17, 15) is 14.9 Å². The van der Waals surface area contributed by atoms with Crippen LogP contribution in [0.3, 0.4) is 0 Å². The van der Waals surface area contributed by atoms with Crippen molar-refractivity contribution in [3.05, 3.63) is 12.3 Å². The molecule has 22 heavy (non-hydrogen) atoms. The van der Waals surface area contributed by atoms with E-state index in [1.807, 2.05) is 32.5 Å². The van der Waals surface area contributed by atoms with Gasteiger partial charge in [-0.05, 0) is 60.1 Å². The van der Waals surface area contributed by atoms with Gasteiger partial charge in [-0.25, -0.2) is 4.79 Å². The molecule has 0 aromatic heterocycles. The highest BCUT2D eigenvalue weighted by Gasteiger charge is 2.35. The molecular formula is C15H29BN2O4. The minimum absolute atomic E-state index is 0.0768. The van der Waals surface area contributed by atoms with Gasteiger partial charge in [-0.1, -0.05) is 0 Å². The quantitative estimate of drug-likeness (QED) is 0.551. The van der Waals surface area contributed by atoms with E-state index in [1.165, 1.54) is 6.26 Å². The molecule has 0 saturated carbocycles. The Morgan fingerprint density at radius 3 is 2.36 bits per heavy atom. The molecule has 1 amide bonds. The van der Waals surface area contributed by atoms with E-state index in [4.69, 9.17) is 4.74 Å². The summed E-state index contributed by atoms with van der Waals surface area (Å²) in [5, 5.41) is 19.4. The third-order valence-corrected chi connectivity index (χ3v) is 3.98. The highest BCUT2D eigenvalue weighted by molar-refractivity contribution is 6.45. The minimum Gasteiger partial charge on any atom is -0.437 e. The van der Waals surface area contributed by atoms with Crippen molar-refractivity contribution >= 4 is 13.1 Å². The van der Waals surface area contributed by atoms with Crippen LogP contribution in [0, 0.1) is 5.92 Å². The van der Waals surface area contributed by atoms with E-state index < -0.39 is 13.2 Å². The molecule has 0 aromatic carbocycles. The van der Waals surface area contributed by atoms with Gasteiger partial charge in [-0.3, -0.25) is 0 Å². The topological polar surface area (TPSA) is 73.2 Å². The third-order valence-electron chi connectivity index (χ3n) is 3.98. The average Bonchev–Trinajstić information content (AvgIpc) is 2.31. The van der Waals surface area contributed by atoms with Gasteiger partial charge in [0.1, 0.15) is 0 Å². The van der Waals surface area contributed by atoms with E-state index in [1.54, 1.807) is 17.8 Å². The van der Waals surface area contributed by atoms with Crippen LogP contribution in [0.4, 0.5) is 4.79 Å². The average molecular weight is 312 g/mol. The van der Waals surface area contributed by atoms with Crippen LogP contribution in [0.5, 0.6) is 0 Å². The molecule has 126 valence electrons. The first-order valence-corrected chi connectivity index (χ1v) is 7.98. The molecule has 0 aliphatic carbocycles. The summed E-state index contributed by atoms with van der Waals surface area (Å²) >= 11 is 0. The van der Waals surface area contributed by atoms with E-state index in [-0.39, 0.29) is 24.1 Å². The molecule has 1 heterocycles. The highest BCUT2D eigenvalue weighted by Crippen LogP contribution is 2.21. The number of nitrogens with zero attached hydrogens (tertiary/aromatic N) is 2. The number of rotatable bonds is 7. The van der Waals surface area contributed by atoms with Gasteiger partial charge in [0.05, 0.1) is 12.4 Å².